The van der Waals surface area contributed by atoms with Crippen molar-refractivity contribution >= 4 is 11.9 Å². The monoisotopic (exact) mass is 450 g/mol. The van der Waals surface area contributed by atoms with E-state index in [1.807, 2.05) is 79.7 Å². The Morgan fingerprint density at radius 1 is 0.500 bits per heavy atom. The van der Waals surface area contributed by atoms with Crippen LogP contribution >= 0.6 is 0 Å². The molecule has 0 saturated heterocycles. The predicted octanol–water partition coefficient (Wildman–Crippen LogP) is 6.82. The molecule has 0 aliphatic carbocycles. The van der Waals surface area contributed by atoms with Crippen molar-refractivity contribution in [3.05, 3.63) is 144 Å². The van der Waals surface area contributed by atoms with Crippen LogP contribution in [0.3, 0.4) is 0 Å². The Balaban J connectivity index is 1.68. The van der Waals surface area contributed by atoms with Gasteiger partial charge in [-0.05, 0) is 35.4 Å². The quantitative estimate of drug-likeness (QED) is 0.276. The SMILES string of the molecule is CC(C(OC(=O)c1ccccc1)c1ccccc1)C(OC(=O)c1ccccc1)c1ccccc1. The van der Waals surface area contributed by atoms with E-state index in [-0.39, 0.29) is 5.92 Å². The van der Waals surface area contributed by atoms with Gasteiger partial charge in [0.25, 0.3) is 0 Å². The number of benzene rings is 4. The Morgan fingerprint density at radius 2 is 0.794 bits per heavy atom. The minimum atomic E-state index is -0.636. The maximum absolute atomic E-state index is 13.0. The maximum Gasteiger partial charge on any atom is 0.338 e. The molecule has 0 aromatic heterocycles. The van der Waals surface area contributed by atoms with Crippen LogP contribution in [0.4, 0.5) is 0 Å². The van der Waals surface area contributed by atoms with Gasteiger partial charge in [-0.2, -0.15) is 0 Å². The smallest absolute Gasteiger partial charge is 0.338 e. The third-order valence-electron chi connectivity index (χ3n) is 5.70. The molecule has 4 aromatic carbocycles. The largest absolute Gasteiger partial charge is 0.453 e. The van der Waals surface area contributed by atoms with Gasteiger partial charge in [0.1, 0.15) is 12.2 Å². The lowest BCUT2D eigenvalue weighted by atomic mass is 9.88. The van der Waals surface area contributed by atoms with E-state index < -0.39 is 24.1 Å². The van der Waals surface area contributed by atoms with Gasteiger partial charge in [0.15, 0.2) is 0 Å². The van der Waals surface area contributed by atoms with Crippen LogP contribution in [-0.2, 0) is 9.47 Å². The van der Waals surface area contributed by atoms with Crippen molar-refractivity contribution in [1.82, 2.24) is 0 Å². The molecule has 0 amide bonds. The van der Waals surface area contributed by atoms with Crippen LogP contribution in [-0.4, -0.2) is 11.9 Å². The maximum atomic E-state index is 13.0. The average molecular weight is 451 g/mol. The first kappa shape index (κ1) is 23.0. The van der Waals surface area contributed by atoms with E-state index in [2.05, 4.69) is 0 Å². The molecule has 4 aromatic rings. The number of hydrogen-bond donors (Lipinski definition) is 0. The van der Waals surface area contributed by atoms with Gasteiger partial charge in [-0.1, -0.05) is 104 Å². The lowest BCUT2D eigenvalue weighted by Crippen LogP contribution is -2.26. The van der Waals surface area contributed by atoms with Crippen molar-refractivity contribution in [2.75, 3.05) is 0 Å². The lowest BCUT2D eigenvalue weighted by Gasteiger charge is -2.31. The Labute approximate surface area is 199 Å². The van der Waals surface area contributed by atoms with Crippen molar-refractivity contribution in [3.8, 4) is 0 Å². The van der Waals surface area contributed by atoms with Crippen LogP contribution in [0.25, 0.3) is 0 Å². The van der Waals surface area contributed by atoms with Crippen molar-refractivity contribution in [2.24, 2.45) is 5.92 Å². The highest BCUT2D eigenvalue weighted by atomic mass is 16.6. The molecule has 0 bridgehead atoms. The number of carbonyl (C=O) groups is 2. The van der Waals surface area contributed by atoms with E-state index in [4.69, 9.17) is 9.47 Å². The molecule has 4 heteroatoms. The normalized spacial score (nSPS) is 13.3. The summed E-state index contributed by atoms with van der Waals surface area (Å²) in [6.07, 6.45) is -1.27. The van der Waals surface area contributed by atoms with E-state index >= 15 is 0 Å². The number of hydrogen-bond acceptors (Lipinski definition) is 4. The molecule has 4 rings (SSSR count). The zero-order valence-corrected chi connectivity index (χ0v) is 18.9. The van der Waals surface area contributed by atoms with Gasteiger partial charge in [0.05, 0.1) is 11.1 Å². The van der Waals surface area contributed by atoms with Gasteiger partial charge in [-0.15, -0.1) is 0 Å². The summed E-state index contributed by atoms with van der Waals surface area (Å²) < 4.78 is 12.1. The van der Waals surface area contributed by atoms with Gasteiger partial charge in [-0.3, -0.25) is 0 Å². The summed E-state index contributed by atoms with van der Waals surface area (Å²) in [5, 5.41) is 0. The molecule has 170 valence electrons. The van der Waals surface area contributed by atoms with Crippen molar-refractivity contribution in [1.29, 1.82) is 0 Å². The van der Waals surface area contributed by atoms with E-state index in [9.17, 15) is 9.59 Å². The molecule has 0 aliphatic rings. The first-order valence-corrected chi connectivity index (χ1v) is 11.3. The van der Waals surface area contributed by atoms with Crippen LogP contribution in [0.1, 0.15) is 51.0 Å². The summed E-state index contributed by atoms with van der Waals surface area (Å²) in [4.78, 5) is 26.0. The molecule has 0 radical (unpaired) electrons. The average Bonchev–Trinajstić information content (AvgIpc) is 2.91. The van der Waals surface area contributed by atoms with Crippen molar-refractivity contribution in [3.63, 3.8) is 0 Å². The van der Waals surface area contributed by atoms with E-state index in [1.54, 1.807) is 48.5 Å². The molecule has 2 unspecified atom stereocenters. The molecule has 0 aliphatic heterocycles. The molecule has 4 nitrogen and oxygen atoms in total. The van der Waals surface area contributed by atoms with Crippen molar-refractivity contribution in [2.45, 2.75) is 19.1 Å². The second-order valence-electron chi connectivity index (χ2n) is 8.06. The Kier molecular flexibility index (Phi) is 7.51. The minimum absolute atomic E-state index is 0.370. The third-order valence-corrected chi connectivity index (χ3v) is 5.70. The summed E-state index contributed by atoms with van der Waals surface area (Å²) >= 11 is 0. The number of esters is 2. The minimum Gasteiger partial charge on any atom is -0.453 e. The van der Waals surface area contributed by atoms with Crippen LogP contribution in [0, 0.1) is 5.92 Å². The number of rotatable bonds is 8. The van der Waals surface area contributed by atoms with Gasteiger partial charge >= 0.3 is 11.9 Å². The highest BCUT2D eigenvalue weighted by molar-refractivity contribution is 5.90. The van der Waals surface area contributed by atoms with E-state index in [0.717, 1.165) is 11.1 Å². The third kappa shape index (κ3) is 5.59. The molecule has 0 saturated carbocycles. The summed E-state index contributed by atoms with van der Waals surface area (Å²) in [7, 11) is 0. The zero-order valence-electron chi connectivity index (χ0n) is 18.9. The summed E-state index contributed by atoms with van der Waals surface area (Å²) in [5.41, 5.74) is 2.59. The standard InChI is InChI=1S/C30H26O4/c1-22(27(23-14-6-2-7-15-23)33-29(31)25-18-10-4-11-19-25)28(24-16-8-3-9-17-24)34-30(32)26-20-12-5-13-21-26/h2-22,27-28H,1H3. The number of carbonyl (C=O) groups excluding carboxylic acids is 2. The molecule has 0 N–H and O–H groups in total. The van der Waals surface area contributed by atoms with Crippen LogP contribution < -0.4 is 0 Å². The fourth-order valence-electron chi connectivity index (χ4n) is 3.92. The molecule has 0 fully saturated rings. The van der Waals surface area contributed by atoms with Crippen LogP contribution in [0.5, 0.6) is 0 Å². The van der Waals surface area contributed by atoms with Gasteiger partial charge < -0.3 is 9.47 Å². The predicted molar refractivity (Wildman–Crippen MR) is 131 cm³/mol. The lowest BCUT2D eigenvalue weighted by molar-refractivity contribution is -0.0305. The highest BCUT2D eigenvalue weighted by Crippen LogP contribution is 2.38. The summed E-state index contributed by atoms with van der Waals surface area (Å²) in [6.45, 7) is 1.94. The topological polar surface area (TPSA) is 52.6 Å². The Hall–Kier alpha value is -4.18. The zero-order chi connectivity index (χ0) is 23.8. The second-order valence-corrected chi connectivity index (χ2v) is 8.06. The molecule has 34 heavy (non-hydrogen) atoms. The first-order chi connectivity index (χ1) is 16.6. The van der Waals surface area contributed by atoms with E-state index in [0.29, 0.717) is 11.1 Å². The van der Waals surface area contributed by atoms with Crippen LogP contribution in [0.15, 0.2) is 121 Å². The fraction of sp³-hybridized carbons (Fsp3) is 0.133. The van der Waals surface area contributed by atoms with Gasteiger partial charge in [-0.25, -0.2) is 9.59 Å². The molecule has 0 spiro atoms. The molecule has 2 atom stereocenters. The highest BCUT2D eigenvalue weighted by Gasteiger charge is 2.34. The number of ether oxygens (including phenoxy) is 2. The Morgan fingerprint density at radius 3 is 1.12 bits per heavy atom. The summed E-state index contributed by atoms with van der Waals surface area (Å²) in [5.74, 6) is -1.23. The molecule has 0 heterocycles. The van der Waals surface area contributed by atoms with Crippen molar-refractivity contribution < 1.29 is 19.1 Å². The van der Waals surface area contributed by atoms with E-state index in [1.165, 1.54) is 0 Å². The molecular formula is C30H26O4. The first-order valence-electron chi connectivity index (χ1n) is 11.3. The summed E-state index contributed by atoms with van der Waals surface area (Å²) in [6, 6.07) is 36.9. The Bertz CT molecular complexity index is 1090. The second kappa shape index (κ2) is 11.1. The fourth-order valence-corrected chi connectivity index (χ4v) is 3.92. The van der Waals surface area contributed by atoms with Gasteiger partial charge in [0.2, 0.25) is 0 Å². The molecular weight excluding hydrogens is 424 g/mol. The van der Waals surface area contributed by atoms with Crippen LogP contribution in [0.2, 0.25) is 0 Å². The van der Waals surface area contributed by atoms with Gasteiger partial charge in [0, 0.05) is 5.92 Å².